The molecule has 0 heterocycles. The van der Waals surface area contributed by atoms with E-state index in [1.165, 1.54) is 111 Å². The van der Waals surface area contributed by atoms with Crippen LogP contribution in [0.15, 0.2) is 261 Å². The first-order chi connectivity index (χ1) is 34.2. The summed E-state index contributed by atoms with van der Waals surface area (Å²) in [7, 11) is 0. The van der Waals surface area contributed by atoms with Crippen molar-refractivity contribution in [3.8, 4) is 66.8 Å². The van der Waals surface area contributed by atoms with Gasteiger partial charge in [-0.25, -0.2) is 0 Å². The van der Waals surface area contributed by atoms with Gasteiger partial charge in [-0.2, -0.15) is 0 Å². The Kier molecular flexibility index (Phi) is 7.98. The van der Waals surface area contributed by atoms with Gasteiger partial charge in [0, 0.05) is 16.9 Å². The zero-order chi connectivity index (χ0) is 45.3. The second-order valence-corrected chi connectivity index (χ2v) is 19.0. The van der Waals surface area contributed by atoms with Crippen molar-refractivity contribution in [3.63, 3.8) is 0 Å². The second kappa shape index (κ2) is 14.4. The lowest BCUT2D eigenvalue weighted by molar-refractivity contribution is 0.792. The number of benzene rings is 11. The Bertz CT molecular complexity index is 3790. The first kappa shape index (κ1) is 38.3. The minimum absolute atomic E-state index is 0.485. The Balaban J connectivity index is 1.05. The van der Waals surface area contributed by atoms with Crippen LogP contribution in [-0.2, 0) is 10.8 Å². The van der Waals surface area contributed by atoms with Crippen LogP contribution in [0.1, 0.15) is 44.5 Å². The van der Waals surface area contributed by atoms with Gasteiger partial charge in [0.05, 0.1) is 16.5 Å². The van der Waals surface area contributed by atoms with Crippen molar-refractivity contribution >= 4 is 17.1 Å². The Morgan fingerprint density at radius 3 is 0.986 bits per heavy atom. The van der Waals surface area contributed by atoms with Crippen molar-refractivity contribution < 1.29 is 0 Å². The Labute approximate surface area is 402 Å². The molecular weight excluding hydrogens is 831 g/mol. The first-order valence-corrected chi connectivity index (χ1v) is 24.2. The second-order valence-electron chi connectivity index (χ2n) is 19.0. The Morgan fingerprint density at radius 1 is 0.203 bits per heavy atom. The van der Waals surface area contributed by atoms with Crippen molar-refractivity contribution in [2.75, 3.05) is 4.90 Å². The number of hydrogen-bond donors (Lipinski definition) is 0. The van der Waals surface area contributed by atoms with E-state index in [1.807, 2.05) is 0 Å². The zero-order valence-corrected chi connectivity index (χ0v) is 37.8. The van der Waals surface area contributed by atoms with Crippen molar-refractivity contribution in [3.05, 3.63) is 305 Å². The third-order valence-electron chi connectivity index (χ3n) is 15.9. The van der Waals surface area contributed by atoms with Crippen molar-refractivity contribution in [2.45, 2.75) is 10.8 Å². The number of anilines is 3. The molecule has 11 aromatic rings. The summed E-state index contributed by atoms with van der Waals surface area (Å²) in [5.41, 5.74) is 28.1. The quantitative estimate of drug-likeness (QED) is 0.167. The molecule has 320 valence electrons. The van der Waals surface area contributed by atoms with Gasteiger partial charge in [-0.15, -0.1) is 0 Å². The lowest BCUT2D eigenvalue weighted by atomic mass is 9.70. The summed E-state index contributed by atoms with van der Waals surface area (Å²) in [4.78, 5) is 2.56. The Morgan fingerprint density at radius 2 is 0.536 bits per heavy atom. The average Bonchev–Trinajstić information content (AvgIpc) is 4.10. The minimum Gasteiger partial charge on any atom is -0.310 e. The van der Waals surface area contributed by atoms with Gasteiger partial charge in [0.1, 0.15) is 0 Å². The molecule has 0 unspecified atom stereocenters. The van der Waals surface area contributed by atoms with Crippen molar-refractivity contribution in [2.24, 2.45) is 0 Å². The van der Waals surface area contributed by atoms with Gasteiger partial charge in [0.15, 0.2) is 0 Å². The summed E-state index contributed by atoms with van der Waals surface area (Å²) in [6.07, 6.45) is 0. The maximum absolute atomic E-state index is 2.57. The summed E-state index contributed by atoms with van der Waals surface area (Å²) in [6.45, 7) is 0. The van der Waals surface area contributed by atoms with Gasteiger partial charge in [-0.3, -0.25) is 0 Å². The van der Waals surface area contributed by atoms with Crippen LogP contribution in [-0.4, -0.2) is 0 Å². The number of nitrogens with zero attached hydrogens (tertiary/aromatic N) is 1. The predicted octanol–water partition coefficient (Wildman–Crippen LogP) is 17.2. The molecule has 15 rings (SSSR count). The van der Waals surface area contributed by atoms with Gasteiger partial charge < -0.3 is 4.90 Å². The van der Waals surface area contributed by atoms with Crippen molar-refractivity contribution in [1.82, 2.24) is 0 Å². The van der Waals surface area contributed by atoms with E-state index in [0.29, 0.717) is 0 Å². The van der Waals surface area contributed by atoms with E-state index in [-0.39, 0.29) is 0 Å². The molecule has 0 amide bonds. The summed E-state index contributed by atoms with van der Waals surface area (Å²) >= 11 is 0. The van der Waals surface area contributed by atoms with Crippen LogP contribution in [0.25, 0.3) is 66.8 Å². The molecule has 0 atom stereocenters. The molecule has 0 aliphatic heterocycles. The molecule has 0 fully saturated rings. The first-order valence-electron chi connectivity index (χ1n) is 24.2. The smallest absolute Gasteiger partial charge is 0.0726 e. The summed E-state index contributed by atoms with van der Waals surface area (Å²) in [6, 6.07) is 98.1. The lowest BCUT2D eigenvalue weighted by Crippen LogP contribution is -2.26. The highest BCUT2D eigenvalue weighted by Crippen LogP contribution is 2.66. The van der Waals surface area contributed by atoms with Crippen LogP contribution >= 0.6 is 0 Å². The van der Waals surface area contributed by atoms with Gasteiger partial charge in [-0.05, 0) is 142 Å². The molecule has 0 saturated heterocycles. The molecule has 4 aliphatic rings. The van der Waals surface area contributed by atoms with Crippen molar-refractivity contribution in [1.29, 1.82) is 0 Å². The topological polar surface area (TPSA) is 3.24 Å². The molecule has 0 aromatic heterocycles. The molecule has 0 radical (unpaired) electrons. The molecule has 1 heteroatoms. The van der Waals surface area contributed by atoms with Gasteiger partial charge in [-0.1, -0.05) is 224 Å². The zero-order valence-electron chi connectivity index (χ0n) is 37.8. The third kappa shape index (κ3) is 5.04. The van der Waals surface area contributed by atoms with Crippen LogP contribution in [0.5, 0.6) is 0 Å². The van der Waals surface area contributed by atoms with E-state index in [1.54, 1.807) is 0 Å². The van der Waals surface area contributed by atoms with Gasteiger partial charge in [0.25, 0.3) is 0 Å². The highest BCUT2D eigenvalue weighted by Gasteiger charge is 2.53. The standard InChI is InChI=1S/C68H43N/c1-3-19-44(20-4-1)45-35-37-47(38-36-45)69(48-39-40-55-53-27-11-17-33-62(53)67(64(55)41-48)58-29-13-7-23-49(58)50-24-8-14-30-59(50)67)66-43-65-57(42-56(66)46-21-5-2-6-22-46)54-28-12-18-34-63(54)68(65)60-31-15-9-25-51(60)52-26-10-16-32-61(52)68/h1-43H. The van der Waals surface area contributed by atoms with E-state index >= 15 is 0 Å². The van der Waals surface area contributed by atoms with Crippen LogP contribution in [0, 0.1) is 0 Å². The Hall–Kier alpha value is -8.78. The van der Waals surface area contributed by atoms with E-state index in [4.69, 9.17) is 0 Å². The maximum atomic E-state index is 2.57. The van der Waals surface area contributed by atoms with Crippen LogP contribution < -0.4 is 4.90 Å². The fourth-order valence-electron chi connectivity index (χ4n) is 13.2. The monoisotopic (exact) mass is 873 g/mol. The van der Waals surface area contributed by atoms with E-state index in [0.717, 1.165) is 17.1 Å². The number of rotatable bonds is 5. The molecule has 0 bridgehead atoms. The average molecular weight is 874 g/mol. The minimum atomic E-state index is -0.507. The predicted molar refractivity (Wildman–Crippen MR) is 285 cm³/mol. The molecule has 1 nitrogen and oxygen atoms in total. The highest BCUT2D eigenvalue weighted by molar-refractivity contribution is 6.01. The largest absolute Gasteiger partial charge is 0.310 e. The summed E-state index contributed by atoms with van der Waals surface area (Å²) in [5.74, 6) is 0. The molecule has 4 aliphatic carbocycles. The van der Waals surface area contributed by atoms with E-state index < -0.39 is 10.8 Å². The van der Waals surface area contributed by atoms with Crippen LogP contribution in [0.2, 0.25) is 0 Å². The SMILES string of the molecule is c1ccc(-c2ccc(N(c3ccc4c(c3)C3(c5ccccc5-c5ccccc53)c3ccccc3-4)c3cc4c(cc3-c3ccccc3)-c3ccccc3C43c4ccccc4-c4ccccc43)cc2)cc1. The molecule has 69 heavy (non-hydrogen) atoms. The fourth-order valence-corrected chi connectivity index (χ4v) is 13.2. The van der Waals surface area contributed by atoms with Gasteiger partial charge >= 0.3 is 0 Å². The normalized spacial score (nSPS) is 14.0. The van der Waals surface area contributed by atoms with Crippen LogP contribution in [0.4, 0.5) is 17.1 Å². The molecule has 11 aromatic carbocycles. The van der Waals surface area contributed by atoms with Crippen LogP contribution in [0.3, 0.4) is 0 Å². The summed E-state index contributed by atoms with van der Waals surface area (Å²) < 4.78 is 0. The molecular formula is C68H43N. The molecule has 2 spiro atoms. The number of hydrogen-bond acceptors (Lipinski definition) is 1. The number of fused-ring (bicyclic) bond motifs is 20. The lowest BCUT2D eigenvalue weighted by Gasteiger charge is -2.34. The molecule has 0 saturated carbocycles. The maximum Gasteiger partial charge on any atom is 0.0726 e. The third-order valence-corrected chi connectivity index (χ3v) is 15.9. The highest BCUT2D eigenvalue weighted by atomic mass is 15.1. The van der Waals surface area contributed by atoms with Gasteiger partial charge in [0.2, 0.25) is 0 Å². The summed E-state index contributed by atoms with van der Waals surface area (Å²) in [5, 5.41) is 0. The fraction of sp³-hybridized carbons (Fsp3) is 0.0294. The van der Waals surface area contributed by atoms with E-state index in [9.17, 15) is 0 Å². The van der Waals surface area contributed by atoms with E-state index in [2.05, 4.69) is 266 Å². The molecule has 0 N–H and O–H groups in total.